The number of fused-ring (bicyclic) bond motifs is 1. The van der Waals surface area contributed by atoms with Gasteiger partial charge in [0.05, 0.1) is 22.6 Å². The number of nitrogens with zero attached hydrogens (tertiary/aromatic N) is 2. The molecule has 0 fully saturated rings. The van der Waals surface area contributed by atoms with Gasteiger partial charge in [0.15, 0.2) is 0 Å². The molecule has 0 aliphatic rings. The van der Waals surface area contributed by atoms with E-state index in [9.17, 15) is 4.39 Å². The number of pyridine rings is 2. The molecule has 3 rings (SSSR count). The first-order chi connectivity index (χ1) is 9.70. The number of halogens is 1. The van der Waals surface area contributed by atoms with Crippen molar-refractivity contribution in [2.45, 2.75) is 6.42 Å². The highest BCUT2D eigenvalue weighted by atomic mass is 19.1. The number of hydrogen-bond acceptors (Lipinski definition) is 3. The number of benzene rings is 1. The summed E-state index contributed by atoms with van der Waals surface area (Å²) < 4.78 is 13.4. The molecule has 0 aliphatic heterocycles. The van der Waals surface area contributed by atoms with Gasteiger partial charge in [0.2, 0.25) is 0 Å². The van der Waals surface area contributed by atoms with Crippen LogP contribution in [0.3, 0.4) is 0 Å². The molecule has 2 aromatic heterocycles. The summed E-state index contributed by atoms with van der Waals surface area (Å²) in [5.74, 6) is -0.333. The number of anilines is 1. The predicted octanol–water partition coefficient (Wildman–Crippen LogP) is 3.39. The van der Waals surface area contributed by atoms with Crippen molar-refractivity contribution >= 4 is 16.6 Å². The lowest BCUT2D eigenvalue weighted by Crippen LogP contribution is -2.02. The number of aromatic nitrogens is 2. The first-order valence-corrected chi connectivity index (χ1v) is 6.29. The van der Waals surface area contributed by atoms with E-state index < -0.39 is 0 Å². The minimum atomic E-state index is -0.333. The van der Waals surface area contributed by atoms with Crippen LogP contribution >= 0.6 is 0 Å². The van der Waals surface area contributed by atoms with Crippen LogP contribution in [0.25, 0.3) is 22.2 Å². The molecule has 0 aliphatic carbocycles. The zero-order valence-corrected chi connectivity index (χ0v) is 10.8. The molecule has 1 aromatic carbocycles. The molecule has 3 nitrogen and oxygen atoms in total. The predicted molar refractivity (Wildman–Crippen MR) is 78.4 cm³/mol. The Hall–Kier alpha value is -2.49. The van der Waals surface area contributed by atoms with Crippen LogP contribution in [0.15, 0.2) is 42.6 Å². The standard InChI is InChI=1S/C16H13FN3/c1-2-12-15(14-5-3-4-8-19-14)16(18)11-9-10(17)6-7-13(11)20-12/h3-9H,1-2H2,(H2,18,20). The average molecular weight is 266 g/mol. The van der Waals surface area contributed by atoms with E-state index in [-0.39, 0.29) is 5.82 Å². The minimum Gasteiger partial charge on any atom is -0.398 e. The van der Waals surface area contributed by atoms with Gasteiger partial charge in [0.1, 0.15) is 5.82 Å². The van der Waals surface area contributed by atoms with Gasteiger partial charge in [-0.15, -0.1) is 0 Å². The van der Waals surface area contributed by atoms with Gasteiger partial charge in [-0.2, -0.15) is 0 Å². The number of hydrogen-bond donors (Lipinski definition) is 1. The van der Waals surface area contributed by atoms with E-state index in [0.29, 0.717) is 23.0 Å². The molecule has 0 amide bonds. The second kappa shape index (κ2) is 4.89. The second-order valence-corrected chi connectivity index (χ2v) is 4.47. The molecule has 3 aromatic rings. The van der Waals surface area contributed by atoms with E-state index in [0.717, 1.165) is 17.0 Å². The van der Waals surface area contributed by atoms with E-state index >= 15 is 0 Å². The Morgan fingerprint density at radius 1 is 1.20 bits per heavy atom. The fourth-order valence-electron chi connectivity index (χ4n) is 2.29. The van der Waals surface area contributed by atoms with E-state index in [4.69, 9.17) is 5.73 Å². The summed E-state index contributed by atoms with van der Waals surface area (Å²) in [6.45, 7) is 3.89. The lowest BCUT2D eigenvalue weighted by atomic mass is 10.0. The Bertz CT molecular complexity index is 770. The highest BCUT2D eigenvalue weighted by molar-refractivity contribution is 5.98. The average Bonchev–Trinajstić information content (AvgIpc) is 2.48. The zero-order valence-electron chi connectivity index (χ0n) is 10.8. The Labute approximate surface area is 116 Å². The number of nitrogen functional groups attached to an aromatic ring is 1. The summed E-state index contributed by atoms with van der Waals surface area (Å²) in [5, 5.41) is 0.600. The maximum atomic E-state index is 13.4. The molecule has 20 heavy (non-hydrogen) atoms. The van der Waals surface area contributed by atoms with E-state index in [2.05, 4.69) is 16.9 Å². The third-order valence-corrected chi connectivity index (χ3v) is 3.22. The van der Waals surface area contributed by atoms with E-state index in [1.807, 2.05) is 18.2 Å². The van der Waals surface area contributed by atoms with E-state index in [1.54, 1.807) is 12.3 Å². The van der Waals surface area contributed by atoms with Gasteiger partial charge in [0.25, 0.3) is 0 Å². The quantitative estimate of drug-likeness (QED) is 0.773. The molecule has 0 saturated heterocycles. The highest BCUT2D eigenvalue weighted by Gasteiger charge is 2.14. The number of nitrogens with two attached hydrogens (primary N) is 1. The first-order valence-electron chi connectivity index (χ1n) is 6.29. The molecule has 4 heteroatoms. The summed E-state index contributed by atoms with van der Waals surface area (Å²) in [5.41, 5.74) is 9.61. The highest BCUT2D eigenvalue weighted by Crippen LogP contribution is 2.33. The van der Waals surface area contributed by atoms with Crippen LogP contribution in [-0.2, 0) is 6.42 Å². The Kier molecular flexibility index (Phi) is 3.06. The van der Waals surface area contributed by atoms with Gasteiger partial charge in [-0.1, -0.05) is 6.07 Å². The molecule has 0 saturated carbocycles. The minimum absolute atomic E-state index is 0.333. The lowest BCUT2D eigenvalue weighted by molar-refractivity contribution is 0.629. The van der Waals surface area contributed by atoms with Crippen molar-refractivity contribution in [3.63, 3.8) is 0 Å². The van der Waals surface area contributed by atoms with Gasteiger partial charge in [0, 0.05) is 17.1 Å². The molecular formula is C16H13FN3. The van der Waals surface area contributed by atoms with Gasteiger partial charge in [-0.3, -0.25) is 9.97 Å². The van der Waals surface area contributed by atoms with Crippen molar-refractivity contribution in [3.05, 3.63) is 61.0 Å². The lowest BCUT2D eigenvalue weighted by Gasteiger charge is -2.13. The Morgan fingerprint density at radius 3 is 2.75 bits per heavy atom. The van der Waals surface area contributed by atoms with Crippen molar-refractivity contribution in [1.82, 2.24) is 9.97 Å². The van der Waals surface area contributed by atoms with Crippen LogP contribution in [0.1, 0.15) is 5.69 Å². The third-order valence-electron chi connectivity index (χ3n) is 3.22. The number of rotatable bonds is 2. The molecule has 99 valence electrons. The summed E-state index contributed by atoms with van der Waals surface area (Å²) in [7, 11) is 0. The molecule has 1 radical (unpaired) electrons. The molecule has 0 spiro atoms. The van der Waals surface area contributed by atoms with Crippen LogP contribution < -0.4 is 5.73 Å². The van der Waals surface area contributed by atoms with Crippen molar-refractivity contribution in [2.75, 3.05) is 5.73 Å². The van der Waals surface area contributed by atoms with Crippen LogP contribution in [0.2, 0.25) is 0 Å². The summed E-state index contributed by atoms with van der Waals surface area (Å²) in [6, 6.07) is 9.97. The summed E-state index contributed by atoms with van der Waals surface area (Å²) in [6.07, 6.45) is 2.18. The van der Waals surface area contributed by atoms with Gasteiger partial charge >= 0.3 is 0 Å². The topological polar surface area (TPSA) is 51.8 Å². The van der Waals surface area contributed by atoms with Crippen molar-refractivity contribution in [1.29, 1.82) is 0 Å². The van der Waals surface area contributed by atoms with Gasteiger partial charge in [-0.25, -0.2) is 4.39 Å². The smallest absolute Gasteiger partial charge is 0.124 e. The van der Waals surface area contributed by atoms with E-state index in [1.165, 1.54) is 12.1 Å². The largest absolute Gasteiger partial charge is 0.398 e. The molecule has 2 heterocycles. The maximum absolute atomic E-state index is 13.4. The first kappa shape index (κ1) is 12.5. The monoisotopic (exact) mass is 266 g/mol. The second-order valence-electron chi connectivity index (χ2n) is 4.47. The van der Waals surface area contributed by atoms with Crippen molar-refractivity contribution in [3.8, 4) is 11.3 Å². The normalized spacial score (nSPS) is 10.9. The molecule has 0 unspecified atom stereocenters. The molecule has 0 atom stereocenters. The molecule has 0 bridgehead atoms. The zero-order chi connectivity index (χ0) is 14.1. The fourth-order valence-corrected chi connectivity index (χ4v) is 2.29. The third kappa shape index (κ3) is 1.99. The Balaban J connectivity index is 2.38. The van der Waals surface area contributed by atoms with Crippen molar-refractivity contribution in [2.24, 2.45) is 0 Å². The SMILES string of the molecule is [CH2]Cc1nc2ccc(F)cc2c(N)c1-c1ccccn1. The maximum Gasteiger partial charge on any atom is 0.124 e. The van der Waals surface area contributed by atoms with Crippen LogP contribution in [-0.4, -0.2) is 9.97 Å². The summed E-state index contributed by atoms with van der Waals surface area (Å²) in [4.78, 5) is 8.83. The Morgan fingerprint density at radius 2 is 2.05 bits per heavy atom. The van der Waals surface area contributed by atoms with Gasteiger partial charge in [-0.05, 0) is 43.7 Å². The summed E-state index contributed by atoms with van der Waals surface area (Å²) >= 11 is 0. The van der Waals surface area contributed by atoms with Crippen LogP contribution in [0.5, 0.6) is 0 Å². The molecule has 2 N–H and O–H groups in total. The van der Waals surface area contributed by atoms with Crippen LogP contribution in [0.4, 0.5) is 10.1 Å². The van der Waals surface area contributed by atoms with Gasteiger partial charge < -0.3 is 5.73 Å². The molecular weight excluding hydrogens is 253 g/mol. The van der Waals surface area contributed by atoms with Crippen LogP contribution in [0, 0.1) is 12.7 Å². The van der Waals surface area contributed by atoms with Crippen molar-refractivity contribution < 1.29 is 4.39 Å². The fraction of sp³-hybridized carbons (Fsp3) is 0.0625.